The summed E-state index contributed by atoms with van der Waals surface area (Å²) in [7, 11) is 0. The molecule has 6 nitrogen and oxygen atoms in total. The van der Waals surface area contributed by atoms with E-state index in [1.807, 2.05) is 6.92 Å². The minimum atomic E-state index is -0.993. The van der Waals surface area contributed by atoms with Crippen LogP contribution in [0.15, 0.2) is 0 Å². The predicted octanol–water partition coefficient (Wildman–Crippen LogP) is 1.50. The van der Waals surface area contributed by atoms with Crippen LogP contribution in [-0.2, 0) is 9.53 Å². The molecule has 0 saturated carbocycles. The van der Waals surface area contributed by atoms with Gasteiger partial charge in [-0.2, -0.15) is 0 Å². The first-order valence-electron chi connectivity index (χ1n) is 7.02. The summed E-state index contributed by atoms with van der Waals surface area (Å²) in [6.45, 7) is 3.19. The minimum absolute atomic E-state index is 0.222. The number of amides is 2. The molecule has 1 saturated heterocycles. The molecule has 1 heterocycles. The number of carbonyl (C=O) groups is 2. The lowest BCUT2D eigenvalue weighted by Crippen LogP contribution is -2.46. The van der Waals surface area contributed by atoms with Gasteiger partial charge in [-0.05, 0) is 32.1 Å². The lowest BCUT2D eigenvalue weighted by Gasteiger charge is -2.22. The molecule has 1 rings (SSSR count). The zero-order valence-corrected chi connectivity index (χ0v) is 11.5. The molecule has 1 fully saturated rings. The van der Waals surface area contributed by atoms with Gasteiger partial charge in [0, 0.05) is 13.2 Å². The quantitative estimate of drug-likeness (QED) is 0.655. The van der Waals surface area contributed by atoms with Crippen molar-refractivity contribution in [3.05, 3.63) is 0 Å². The standard InChI is InChI=1S/C13H24N2O4/c1-2-5-11(12(16)17)15-13(18)14-8-7-10-6-3-4-9-19-10/h10-11H,2-9H2,1H3,(H,16,17)(H2,14,15,18)/t10?,11-/m0/s1. The Hall–Kier alpha value is -1.30. The van der Waals surface area contributed by atoms with Gasteiger partial charge in [-0.15, -0.1) is 0 Å². The topological polar surface area (TPSA) is 87.7 Å². The fourth-order valence-electron chi connectivity index (χ4n) is 2.14. The van der Waals surface area contributed by atoms with Crippen molar-refractivity contribution in [1.29, 1.82) is 0 Å². The molecular weight excluding hydrogens is 248 g/mol. The van der Waals surface area contributed by atoms with Gasteiger partial charge in [0.15, 0.2) is 0 Å². The van der Waals surface area contributed by atoms with E-state index in [0.717, 1.165) is 25.9 Å². The third-order valence-electron chi connectivity index (χ3n) is 3.21. The van der Waals surface area contributed by atoms with Crippen molar-refractivity contribution in [3.63, 3.8) is 0 Å². The van der Waals surface area contributed by atoms with E-state index in [0.29, 0.717) is 19.4 Å². The largest absolute Gasteiger partial charge is 0.480 e. The Balaban J connectivity index is 2.17. The third kappa shape index (κ3) is 6.42. The van der Waals surface area contributed by atoms with Crippen LogP contribution in [0.3, 0.4) is 0 Å². The van der Waals surface area contributed by atoms with Crippen molar-refractivity contribution >= 4 is 12.0 Å². The van der Waals surface area contributed by atoms with Gasteiger partial charge < -0.3 is 20.5 Å². The van der Waals surface area contributed by atoms with Crippen LogP contribution in [0.1, 0.15) is 45.4 Å². The van der Waals surface area contributed by atoms with Crippen molar-refractivity contribution in [1.82, 2.24) is 10.6 Å². The number of aliphatic carboxylic acids is 1. The van der Waals surface area contributed by atoms with Crippen LogP contribution in [0, 0.1) is 0 Å². The number of carboxylic acid groups (broad SMARTS) is 1. The number of hydrogen-bond donors (Lipinski definition) is 3. The Kier molecular flexibility index (Phi) is 7.25. The lowest BCUT2D eigenvalue weighted by molar-refractivity contribution is -0.139. The summed E-state index contributed by atoms with van der Waals surface area (Å²) in [4.78, 5) is 22.4. The maximum absolute atomic E-state index is 11.5. The number of nitrogens with one attached hydrogen (secondary N) is 2. The number of hydrogen-bond acceptors (Lipinski definition) is 3. The van der Waals surface area contributed by atoms with Gasteiger partial charge >= 0.3 is 12.0 Å². The Morgan fingerprint density at radius 1 is 1.42 bits per heavy atom. The highest BCUT2D eigenvalue weighted by Crippen LogP contribution is 2.14. The van der Waals surface area contributed by atoms with Crippen LogP contribution >= 0.6 is 0 Å². The monoisotopic (exact) mass is 272 g/mol. The molecule has 19 heavy (non-hydrogen) atoms. The predicted molar refractivity (Wildman–Crippen MR) is 71.1 cm³/mol. The molecule has 0 aliphatic carbocycles. The second-order valence-electron chi connectivity index (χ2n) is 4.86. The highest BCUT2D eigenvalue weighted by atomic mass is 16.5. The van der Waals surface area contributed by atoms with Crippen LogP contribution in [0.25, 0.3) is 0 Å². The van der Waals surface area contributed by atoms with Gasteiger partial charge in [0.05, 0.1) is 6.10 Å². The Labute approximate surface area is 113 Å². The third-order valence-corrected chi connectivity index (χ3v) is 3.21. The van der Waals surface area contributed by atoms with Crippen molar-refractivity contribution in [3.8, 4) is 0 Å². The fourth-order valence-corrected chi connectivity index (χ4v) is 2.14. The number of carbonyl (C=O) groups excluding carboxylic acids is 1. The first-order valence-corrected chi connectivity index (χ1v) is 7.02. The van der Waals surface area contributed by atoms with Crippen molar-refractivity contribution in [2.24, 2.45) is 0 Å². The average Bonchev–Trinajstić information content (AvgIpc) is 2.39. The van der Waals surface area contributed by atoms with E-state index in [4.69, 9.17) is 9.84 Å². The summed E-state index contributed by atoms with van der Waals surface area (Å²) >= 11 is 0. The summed E-state index contributed by atoms with van der Waals surface area (Å²) in [5.41, 5.74) is 0. The molecule has 0 spiro atoms. The van der Waals surface area contributed by atoms with E-state index < -0.39 is 18.0 Å². The molecular formula is C13H24N2O4. The van der Waals surface area contributed by atoms with Crippen LogP contribution in [-0.4, -0.2) is 42.4 Å². The summed E-state index contributed by atoms with van der Waals surface area (Å²) in [6, 6.07) is -1.23. The van der Waals surface area contributed by atoms with Gasteiger partial charge in [0.2, 0.25) is 0 Å². The molecule has 1 unspecified atom stereocenters. The molecule has 0 aromatic carbocycles. The number of ether oxygens (including phenoxy) is 1. The highest BCUT2D eigenvalue weighted by Gasteiger charge is 2.19. The maximum Gasteiger partial charge on any atom is 0.326 e. The number of urea groups is 1. The molecule has 2 atom stereocenters. The van der Waals surface area contributed by atoms with E-state index in [1.54, 1.807) is 0 Å². The summed E-state index contributed by atoms with van der Waals surface area (Å²) in [5.74, 6) is -0.993. The summed E-state index contributed by atoms with van der Waals surface area (Å²) in [6.07, 6.45) is 5.48. The Morgan fingerprint density at radius 2 is 2.21 bits per heavy atom. The molecule has 0 radical (unpaired) electrons. The van der Waals surface area contributed by atoms with Crippen LogP contribution in [0.4, 0.5) is 4.79 Å². The summed E-state index contributed by atoms with van der Waals surface area (Å²) in [5, 5.41) is 14.1. The molecule has 110 valence electrons. The number of carboxylic acids is 1. The van der Waals surface area contributed by atoms with Gasteiger partial charge in [-0.3, -0.25) is 0 Å². The molecule has 0 aromatic rings. The first kappa shape index (κ1) is 15.8. The molecule has 1 aliphatic rings. The Bertz CT molecular complexity index is 290. The highest BCUT2D eigenvalue weighted by molar-refractivity contribution is 5.82. The van der Waals surface area contributed by atoms with Crippen molar-refractivity contribution < 1.29 is 19.4 Å². The van der Waals surface area contributed by atoms with Gasteiger partial charge in [-0.25, -0.2) is 9.59 Å². The maximum atomic E-state index is 11.5. The normalized spacial score (nSPS) is 20.6. The molecule has 2 amide bonds. The van der Waals surface area contributed by atoms with E-state index in [1.165, 1.54) is 6.42 Å². The minimum Gasteiger partial charge on any atom is -0.480 e. The Morgan fingerprint density at radius 3 is 2.79 bits per heavy atom. The first-order chi connectivity index (χ1) is 9.13. The van der Waals surface area contributed by atoms with Crippen LogP contribution in [0.5, 0.6) is 0 Å². The fraction of sp³-hybridized carbons (Fsp3) is 0.846. The number of rotatable bonds is 7. The molecule has 3 N–H and O–H groups in total. The van der Waals surface area contributed by atoms with E-state index >= 15 is 0 Å². The smallest absolute Gasteiger partial charge is 0.326 e. The van der Waals surface area contributed by atoms with Crippen molar-refractivity contribution in [2.75, 3.05) is 13.2 Å². The second-order valence-corrected chi connectivity index (χ2v) is 4.86. The van der Waals surface area contributed by atoms with Crippen molar-refractivity contribution in [2.45, 2.75) is 57.6 Å². The molecule has 1 aliphatic heterocycles. The SMILES string of the molecule is CCC[C@H](NC(=O)NCCC1CCCCO1)C(=O)O. The van der Waals surface area contributed by atoms with E-state index in [-0.39, 0.29) is 6.10 Å². The van der Waals surface area contributed by atoms with Crippen LogP contribution in [0.2, 0.25) is 0 Å². The molecule has 0 aromatic heterocycles. The second kappa shape index (κ2) is 8.74. The van der Waals surface area contributed by atoms with E-state index in [9.17, 15) is 9.59 Å². The lowest BCUT2D eigenvalue weighted by atomic mass is 10.1. The zero-order chi connectivity index (χ0) is 14.1. The van der Waals surface area contributed by atoms with Gasteiger partial charge in [0.1, 0.15) is 6.04 Å². The molecule has 0 bridgehead atoms. The summed E-state index contributed by atoms with van der Waals surface area (Å²) < 4.78 is 5.55. The van der Waals surface area contributed by atoms with Gasteiger partial charge in [-0.1, -0.05) is 13.3 Å². The zero-order valence-electron chi connectivity index (χ0n) is 11.5. The van der Waals surface area contributed by atoms with Crippen LogP contribution < -0.4 is 10.6 Å². The van der Waals surface area contributed by atoms with E-state index in [2.05, 4.69) is 10.6 Å². The van der Waals surface area contributed by atoms with Gasteiger partial charge in [0.25, 0.3) is 0 Å². The molecule has 6 heteroatoms. The average molecular weight is 272 g/mol.